The van der Waals surface area contributed by atoms with E-state index in [0.717, 1.165) is 30.8 Å². The topological polar surface area (TPSA) is 29.5 Å². The number of fused-ring (bicyclic) bond motifs is 5. The summed E-state index contributed by atoms with van der Waals surface area (Å²) in [5, 5.41) is 11.1. The second kappa shape index (κ2) is 6.45. The summed E-state index contributed by atoms with van der Waals surface area (Å²) in [7, 11) is 0. The molecule has 6 aliphatic rings. The Bertz CT molecular complexity index is 855. The lowest BCUT2D eigenvalue weighted by atomic mass is 9.34. The van der Waals surface area contributed by atoms with Crippen LogP contribution in [0.25, 0.3) is 0 Å². The lowest BCUT2D eigenvalue weighted by molar-refractivity contribution is -0.207. The summed E-state index contributed by atoms with van der Waals surface area (Å²) in [6.45, 7) is 18.6. The Balaban J connectivity index is 1.41. The molecule has 2 nitrogen and oxygen atoms in total. The number of hydrogen-bond acceptors (Lipinski definition) is 2. The molecule has 0 radical (unpaired) electrons. The molecule has 0 aromatic heterocycles. The Morgan fingerprint density at radius 2 is 1.62 bits per heavy atom. The molecule has 5 fully saturated rings. The first-order valence-corrected chi connectivity index (χ1v) is 13.9. The van der Waals surface area contributed by atoms with Gasteiger partial charge in [-0.05, 0) is 114 Å². The van der Waals surface area contributed by atoms with Gasteiger partial charge in [0.15, 0.2) is 0 Å². The molecule has 0 amide bonds. The predicted molar refractivity (Wildman–Crippen MR) is 130 cm³/mol. The van der Waals surface area contributed by atoms with Crippen molar-refractivity contribution in [3.05, 3.63) is 11.1 Å². The third kappa shape index (κ3) is 2.40. The SMILES string of the molecule is CC(C)C1=C2CC[C@]3(C)[C@H](CC[C@@H]4[C@@H]5[C@H]6OC[C@@]5(CCC6(C)C)CC[C@]43C)[C@@]2(C)C[C@H]1O. The van der Waals surface area contributed by atoms with Crippen LogP contribution in [0.1, 0.15) is 106 Å². The quantitative estimate of drug-likeness (QED) is 0.438. The van der Waals surface area contributed by atoms with Gasteiger partial charge in [-0.1, -0.05) is 54.0 Å². The zero-order chi connectivity index (χ0) is 22.9. The van der Waals surface area contributed by atoms with Crippen molar-refractivity contribution in [2.45, 2.75) is 118 Å². The summed E-state index contributed by atoms with van der Waals surface area (Å²) in [5.74, 6) is 2.78. The molecule has 0 aromatic rings. The number of aliphatic hydroxyl groups excluding tert-OH is 1. The summed E-state index contributed by atoms with van der Waals surface area (Å²) in [4.78, 5) is 0. The summed E-state index contributed by atoms with van der Waals surface area (Å²) in [5.41, 5.74) is 4.87. The minimum Gasteiger partial charge on any atom is -0.389 e. The molecular weight excluding hydrogens is 392 g/mol. The van der Waals surface area contributed by atoms with Crippen molar-refractivity contribution in [2.75, 3.05) is 6.61 Å². The second-order valence-electron chi connectivity index (χ2n) is 14.9. The van der Waals surface area contributed by atoms with Crippen molar-refractivity contribution in [1.82, 2.24) is 0 Å². The van der Waals surface area contributed by atoms with Gasteiger partial charge < -0.3 is 9.84 Å². The highest BCUT2D eigenvalue weighted by Crippen LogP contribution is 2.77. The van der Waals surface area contributed by atoms with Crippen molar-refractivity contribution < 1.29 is 9.84 Å². The first-order chi connectivity index (χ1) is 14.9. The standard InChI is InChI=1S/C30H48O2/c1-18(2)23-19-10-11-29(7)22(27(19,5)16-21(23)31)9-8-20-24-25-26(3,4)12-14-30(24,17-32-25)15-13-28(20,29)6/h18,20-22,24-25,31H,8-17H2,1-7H3/t20-,21-,22-,24-,25-,27+,28-,29-,30-/m1/s1. The lowest BCUT2D eigenvalue weighted by Gasteiger charge is -2.70. The van der Waals surface area contributed by atoms with Crippen molar-refractivity contribution in [2.24, 2.45) is 50.7 Å². The van der Waals surface area contributed by atoms with Crippen molar-refractivity contribution in [3.63, 3.8) is 0 Å². The van der Waals surface area contributed by atoms with Gasteiger partial charge in [0.1, 0.15) is 0 Å². The average molecular weight is 441 g/mol. The number of ether oxygens (including phenoxy) is 1. The Labute approximate surface area is 197 Å². The maximum atomic E-state index is 11.1. The fourth-order valence-electron chi connectivity index (χ4n) is 11.4. The predicted octanol–water partition coefficient (Wildman–Crippen LogP) is 7.16. The first kappa shape index (κ1) is 22.1. The van der Waals surface area contributed by atoms with Gasteiger partial charge in [0.05, 0.1) is 18.8 Å². The highest BCUT2D eigenvalue weighted by atomic mass is 16.5. The van der Waals surface area contributed by atoms with Crippen LogP contribution in [-0.2, 0) is 4.74 Å². The van der Waals surface area contributed by atoms with E-state index in [1.165, 1.54) is 56.9 Å². The minimum absolute atomic E-state index is 0.205. The molecule has 1 saturated heterocycles. The molecule has 1 aliphatic heterocycles. The summed E-state index contributed by atoms with van der Waals surface area (Å²) in [6.07, 6.45) is 12.0. The van der Waals surface area contributed by atoms with E-state index < -0.39 is 0 Å². The molecule has 2 bridgehead atoms. The average Bonchev–Trinajstić information content (AvgIpc) is 3.18. The minimum atomic E-state index is -0.208. The van der Waals surface area contributed by atoms with Gasteiger partial charge in [-0.2, -0.15) is 0 Å². The highest BCUT2D eigenvalue weighted by Gasteiger charge is 2.71. The highest BCUT2D eigenvalue weighted by molar-refractivity contribution is 5.37. The summed E-state index contributed by atoms with van der Waals surface area (Å²) < 4.78 is 6.70. The monoisotopic (exact) mass is 440 g/mol. The number of hydrogen-bond donors (Lipinski definition) is 1. The Morgan fingerprint density at radius 1 is 0.906 bits per heavy atom. The van der Waals surface area contributed by atoms with Gasteiger partial charge in [-0.15, -0.1) is 0 Å². The normalized spacial score (nSPS) is 56.0. The molecule has 6 rings (SSSR count). The van der Waals surface area contributed by atoms with E-state index in [4.69, 9.17) is 4.74 Å². The van der Waals surface area contributed by atoms with Crippen LogP contribution in [-0.4, -0.2) is 23.9 Å². The van der Waals surface area contributed by atoms with Crippen molar-refractivity contribution in [1.29, 1.82) is 0 Å². The van der Waals surface area contributed by atoms with E-state index in [9.17, 15) is 5.11 Å². The van der Waals surface area contributed by atoms with E-state index in [-0.39, 0.29) is 11.5 Å². The fourth-order valence-corrected chi connectivity index (χ4v) is 11.4. The lowest BCUT2D eigenvalue weighted by Crippen LogP contribution is -2.64. The number of allylic oxidation sites excluding steroid dienone is 1. The van der Waals surface area contributed by atoms with Crippen LogP contribution in [0.5, 0.6) is 0 Å². The van der Waals surface area contributed by atoms with Gasteiger partial charge >= 0.3 is 0 Å². The van der Waals surface area contributed by atoms with Crippen LogP contribution in [0.2, 0.25) is 0 Å². The van der Waals surface area contributed by atoms with Crippen molar-refractivity contribution >= 4 is 0 Å². The van der Waals surface area contributed by atoms with E-state index in [1.807, 2.05) is 0 Å². The third-order valence-corrected chi connectivity index (χ3v) is 13.2. The molecule has 2 heteroatoms. The van der Waals surface area contributed by atoms with Crippen LogP contribution < -0.4 is 0 Å². The van der Waals surface area contributed by atoms with E-state index in [0.29, 0.717) is 33.7 Å². The zero-order valence-corrected chi connectivity index (χ0v) is 21.9. The van der Waals surface area contributed by atoms with Crippen LogP contribution in [0, 0.1) is 50.7 Å². The van der Waals surface area contributed by atoms with Crippen LogP contribution in [0.3, 0.4) is 0 Å². The van der Waals surface area contributed by atoms with Gasteiger partial charge in [-0.3, -0.25) is 0 Å². The van der Waals surface area contributed by atoms with Crippen LogP contribution >= 0.6 is 0 Å². The molecule has 4 saturated carbocycles. The molecule has 0 aromatic carbocycles. The zero-order valence-electron chi connectivity index (χ0n) is 21.9. The molecule has 32 heavy (non-hydrogen) atoms. The Morgan fingerprint density at radius 3 is 2.34 bits per heavy atom. The summed E-state index contributed by atoms with van der Waals surface area (Å²) >= 11 is 0. The molecule has 0 spiro atoms. The van der Waals surface area contributed by atoms with E-state index in [2.05, 4.69) is 48.5 Å². The number of aliphatic hydroxyl groups is 1. The second-order valence-corrected chi connectivity index (χ2v) is 14.9. The van der Waals surface area contributed by atoms with E-state index in [1.54, 1.807) is 5.57 Å². The maximum Gasteiger partial charge on any atom is 0.0763 e. The van der Waals surface area contributed by atoms with Gasteiger partial charge in [0.2, 0.25) is 0 Å². The fraction of sp³-hybridized carbons (Fsp3) is 0.933. The largest absolute Gasteiger partial charge is 0.389 e. The van der Waals surface area contributed by atoms with Gasteiger partial charge in [-0.25, -0.2) is 0 Å². The summed E-state index contributed by atoms with van der Waals surface area (Å²) in [6, 6.07) is 0. The van der Waals surface area contributed by atoms with Crippen LogP contribution in [0.4, 0.5) is 0 Å². The Hall–Kier alpha value is -0.340. The molecule has 0 unspecified atom stereocenters. The van der Waals surface area contributed by atoms with Crippen LogP contribution in [0.15, 0.2) is 11.1 Å². The van der Waals surface area contributed by atoms with Gasteiger partial charge in [0.25, 0.3) is 0 Å². The van der Waals surface area contributed by atoms with E-state index >= 15 is 0 Å². The molecule has 1 heterocycles. The number of rotatable bonds is 1. The maximum absolute atomic E-state index is 11.1. The molecule has 1 N–H and O–H groups in total. The first-order valence-electron chi connectivity index (χ1n) is 13.9. The van der Waals surface area contributed by atoms with Gasteiger partial charge in [0, 0.05) is 0 Å². The smallest absolute Gasteiger partial charge is 0.0763 e. The molecular formula is C30H48O2. The molecule has 9 atom stereocenters. The molecule has 180 valence electrons. The Kier molecular flexibility index (Phi) is 4.46. The third-order valence-electron chi connectivity index (χ3n) is 13.2. The van der Waals surface area contributed by atoms with Crippen molar-refractivity contribution in [3.8, 4) is 0 Å². The molecule has 5 aliphatic carbocycles.